The second-order valence-electron chi connectivity index (χ2n) is 7.74. The van der Waals surface area contributed by atoms with E-state index in [-0.39, 0.29) is 39.9 Å². The summed E-state index contributed by atoms with van der Waals surface area (Å²) in [4.78, 5) is 42.3. The summed E-state index contributed by atoms with van der Waals surface area (Å²) >= 11 is 11.0. The molecule has 11 heteroatoms. The third-order valence-electron chi connectivity index (χ3n) is 3.93. The molecule has 0 aromatic heterocycles. The quantitative estimate of drug-likeness (QED) is 0.141. The van der Waals surface area contributed by atoms with Crippen LogP contribution in [-0.4, -0.2) is 136 Å². The number of hydrogen-bond acceptors (Lipinski definition) is 3. The van der Waals surface area contributed by atoms with Crippen molar-refractivity contribution in [2.45, 2.75) is 27.7 Å². The van der Waals surface area contributed by atoms with Crippen LogP contribution in [-0.2, 0) is 16.8 Å². The molecule has 196 valence electrons. The summed E-state index contributed by atoms with van der Waals surface area (Å²) in [6, 6.07) is 0. The molecule has 0 rings (SSSR count). The Morgan fingerprint density at radius 1 is 0.667 bits per heavy atom. The fourth-order valence-corrected chi connectivity index (χ4v) is 2.82. The van der Waals surface area contributed by atoms with Gasteiger partial charge in [-0.15, -0.1) is 41.6 Å². The summed E-state index contributed by atoms with van der Waals surface area (Å²) in [6.07, 6.45) is 0. The Morgan fingerprint density at radius 2 is 0.939 bits per heavy atom. The van der Waals surface area contributed by atoms with E-state index in [9.17, 15) is 0 Å². The molecule has 0 bridgehead atoms. The Labute approximate surface area is 221 Å². The van der Waals surface area contributed by atoms with Crippen molar-refractivity contribution < 1.29 is 36.0 Å². The number of halogens is 2. The van der Waals surface area contributed by atoms with Crippen LogP contribution in [0.3, 0.4) is 0 Å². The van der Waals surface area contributed by atoms with Gasteiger partial charge in [-0.25, -0.2) is 0 Å². The molecule has 0 saturated carbocycles. The van der Waals surface area contributed by atoms with Gasteiger partial charge in [0.15, 0.2) is 23.1 Å². The molecule has 8 nitrogen and oxygen atoms in total. The molecule has 0 amide bonds. The standard InChI is InChI=1S/2C8H14NO2.C6H13Cl2N2.Co/c2*1-6(10)8(7(2)11)5-9(3)4;7-1-4-10(5-2-8)6-3-9;/h2*5H2,1-4H3;9H,1-6H2;/q3*-1;+3/p+4. The van der Waals surface area contributed by atoms with Crippen molar-refractivity contribution in [2.75, 3.05) is 79.2 Å². The number of nitrogens with zero attached hydrogens (tertiary/aromatic N) is 3. The second kappa shape index (κ2) is 24.5. The molecule has 5 N–H and O–H groups in total. The fourth-order valence-electron chi connectivity index (χ4n) is 2.35. The van der Waals surface area contributed by atoms with Crippen molar-refractivity contribution in [1.29, 1.82) is 0 Å². The van der Waals surface area contributed by atoms with Gasteiger partial charge in [0.1, 0.15) is 0 Å². The van der Waals surface area contributed by atoms with E-state index >= 15 is 0 Å². The summed E-state index contributed by atoms with van der Waals surface area (Å²) < 4.78 is 0. The van der Waals surface area contributed by atoms with E-state index in [1.807, 2.05) is 38.0 Å². The summed E-state index contributed by atoms with van der Waals surface area (Å²) in [5, 5.41) is 0. The van der Waals surface area contributed by atoms with E-state index in [2.05, 4.69) is 4.90 Å². The van der Waals surface area contributed by atoms with Crippen LogP contribution < -0.4 is 0 Å². The molecule has 0 spiro atoms. The average molecular weight is 559 g/mol. The second-order valence-corrected chi connectivity index (χ2v) is 8.50. The number of alkyl halides is 2. The van der Waals surface area contributed by atoms with Crippen LogP contribution in [0.4, 0.5) is 0 Å². The molecular weight excluding hydrogens is 514 g/mol. The van der Waals surface area contributed by atoms with Crippen LogP contribution in [0.2, 0.25) is 0 Å². The maximum Gasteiger partial charge on any atom is 3.00 e. The van der Waals surface area contributed by atoms with E-state index in [1.165, 1.54) is 0 Å². The van der Waals surface area contributed by atoms with Crippen LogP contribution in [0.5, 0.6) is 0 Å². The SMILES string of the molecule is CC(=[OH+])[C-](CN(C)C)C(C)=[OH+].CC(=[OH+])[C-](CN(C)C)C(C)=[OH+].[Co+3].[NH-]CCN(CCCl)CCCl. The zero-order valence-electron chi connectivity index (χ0n) is 21.4. The molecule has 0 heterocycles. The normalized spacial score (nSPS) is 9.88. The Bertz CT molecular complexity index is 472. The molecule has 0 aliphatic rings. The Hall–Kier alpha value is -0.654. The number of hydrogen-bond donors (Lipinski definition) is 0. The van der Waals surface area contributed by atoms with E-state index in [0.29, 0.717) is 43.2 Å². The minimum Gasteiger partial charge on any atom is -0.676 e. The first-order valence-corrected chi connectivity index (χ1v) is 11.4. The molecule has 0 aliphatic carbocycles. The maximum atomic E-state index is 9.10. The number of carbonyl (C=O) groups excluding carboxylic acids is 4. The van der Waals surface area contributed by atoms with Gasteiger partial charge in [-0.3, -0.25) is 0 Å². The first-order valence-electron chi connectivity index (χ1n) is 10.4. The van der Waals surface area contributed by atoms with Gasteiger partial charge >= 0.3 is 16.8 Å². The minimum absolute atomic E-state index is 0. The molecule has 0 radical (unpaired) electrons. The summed E-state index contributed by atoms with van der Waals surface area (Å²) in [7, 11) is 7.52. The van der Waals surface area contributed by atoms with Crippen molar-refractivity contribution in [3.8, 4) is 0 Å². The van der Waals surface area contributed by atoms with Crippen LogP contribution in [0.15, 0.2) is 0 Å². The first-order chi connectivity index (χ1) is 14.7. The van der Waals surface area contributed by atoms with E-state index in [1.54, 1.807) is 27.7 Å². The minimum atomic E-state index is 0. The van der Waals surface area contributed by atoms with Crippen LogP contribution in [0.1, 0.15) is 27.7 Å². The van der Waals surface area contributed by atoms with Gasteiger partial charge in [0.25, 0.3) is 0 Å². The van der Waals surface area contributed by atoms with Gasteiger partial charge in [0, 0.05) is 52.5 Å². The summed E-state index contributed by atoms with van der Waals surface area (Å²) in [5.74, 6) is 3.15. The molecule has 0 saturated heterocycles. The van der Waals surface area contributed by atoms with Gasteiger partial charge in [-0.1, -0.05) is 13.1 Å². The molecule has 0 aromatic rings. The van der Waals surface area contributed by atoms with Gasteiger partial charge in [0.2, 0.25) is 0 Å². The summed E-state index contributed by atoms with van der Waals surface area (Å²) in [5.41, 5.74) is 6.96. The van der Waals surface area contributed by atoms with Crippen molar-refractivity contribution in [2.24, 2.45) is 0 Å². The Kier molecular flexibility index (Phi) is 29.3. The van der Waals surface area contributed by atoms with Crippen molar-refractivity contribution in [3.05, 3.63) is 17.6 Å². The zero-order valence-corrected chi connectivity index (χ0v) is 23.9. The molecule has 33 heavy (non-hydrogen) atoms. The summed E-state index contributed by atoms with van der Waals surface area (Å²) in [6.45, 7) is 10.3. The van der Waals surface area contributed by atoms with Gasteiger partial charge in [0.05, 0.1) is 0 Å². The predicted octanol–water partition coefficient (Wildman–Crippen LogP) is 2.32. The number of ketones is 4. The molecule has 0 aromatic carbocycles. The van der Waals surface area contributed by atoms with Crippen LogP contribution in [0, 0.1) is 11.8 Å². The van der Waals surface area contributed by atoms with E-state index < -0.39 is 0 Å². The molecule has 0 atom stereocenters. The van der Waals surface area contributed by atoms with E-state index in [0.717, 1.165) is 19.6 Å². The molecule has 0 unspecified atom stereocenters. The van der Waals surface area contributed by atoms with Gasteiger partial charge in [-0.05, 0) is 34.7 Å². The van der Waals surface area contributed by atoms with E-state index in [4.69, 9.17) is 48.1 Å². The van der Waals surface area contributed by atoms with Crippen LogP contribution >= 0.6 is 23.2 Å². The topological polar surface area (TPSA) is 119 Å². The van der Waals surface area contributed by atoms with Gasteiger partial charge < -0.3 is 39.6 Å². The van der Waals surface area contributed by atoms with Gasteiger partial charge in [-0.2, -0.15) is 0 Å². The predicted molar refractivity (Wildman–Crippen MR) is 141 cm³/mol. The van der Waals surface area contributed by atoms with Crippen molar-refractivity contribution in [3.63, 3.8) is 0 Å². The van der Waals surface area contributed by atoms with Crippen molar-refractivity contribution >= 4 is 46.3 Å². The molecular formula is C22H45Cl2CoN4O4+4. The number of nitrogens with one attached hydrogen (secondary N) is 1. The van der Waals surface area contributed by atoms with Crippen LogP contribution in [0.25, 0.3) is 5.73 Å². The maximum absolute atomic E-state index is 9.10. The third kappa shape index (κ3) is 25.8. The zero-order chi connectivity index (χ0) is 25.9. The number of rotatable bonds is 14. The average Bonchev–Trinajstić information content (AvgIpc) is 2.64. The fraction of sp³-hybridized carbons (Fsp3) is 0.727. The monoisotopic (exact) mass is 558 g/mol. The molecule has 0 fully saturated rings. The largest absolute Gasteiger partial charge is 3.00 e. The Morgan fingerprint density at radius 3 is 1.06 bits per heavy atom. The smallest absolute Gasteiger partial charge is 0.676 e. The first kappa shape index (κ1) is 39.6. The molecule has 0 aliphatic heterocycles. The Balaban J connectivity index is -0.000000189. The van der Waals surface area contributed by atoms with Crippen molar-refractivity contribution in [1.82, 2.24) is 14.7 Å². The third-order valence-corrected chi connectivity index (χ3v) is 4.26.